The fraction of sp³-hybridized carbons (Fsp3) is 0.615. The van der Waals surface area contributed by atoms with Crippen molar-refractivity contribution in [2.45, 2.75) is 26.8 Å². The van der Waals surface area contributed by atoms with Gasteiger partial charge in [-0.1, -0.05) is 13.8 Å². The van der Waals surface area contributed by atoms with Crippen molar-refractivity contribution in [2.24, 2.45) is 11.8 Å². The number of carbonyl (C=O) groups is 1. The summed E-state index contributed by atoms with van der Waals surface area (Å²) in [4.78, 5) is 13.1. The Labute approximate surface area is 101 Å². The predicted octanol–water partition coefficient (Wildman–Crippen LogP) is 2.46. The van der Waals surface area contributed by atoms with Crippen LogP contribution in [0.15, 0.2) is 16.7 Å². The number of hydrogen-bond acceptors (Lipinski definition) is 3. The third kappa shape index (κ3) is 2.88. The quantitative estimate of drug-likeness (QED) is 0.877. The second-order valence-electron chi connectivity index (χ2n) is 5.09. The fourth-order valence-electron chi connectivity index (χ4n) is 2.29. The van der Waals surface area contributed by atoms with Gasteiger partial charge in [-0.2, -0.15) is 0 Å². The van der Waals surface area contributed by atoms with Gasteiger partial charge >= 0.3 is 5.97 Å². The standard InChI is InChI=1S/C13H19NO3/c1-9-3-4-14(6-10(9)2)7-12-5-11(8-17-12)13(15)16/h5,8-10H,3-4,6-7H2,1-2H3,(H,15,16). The molecule has 0 bridgehead atoms. The van der Waals surface area contributed by atoms with E-state index in [4.69, 9.17) is 9.52 Å². The third-order valence-electron chi connectivity index (χ3n) is 3.70. The van der Waals surface area contributed by atoms with E-state index < -0.39 is 5.97 Å². The molecule has 0 amide bonds. The van der Waals surface area contributed by atoms with Crippen molar-refractivity contribution in [1.29, 1.82) is 0 Å². The second kappa shape index (κ2) is 4.92. The molecule has 4 nitrogen and oxygen atoms in total. The summed E-state index contributed by atoms with van der Waals surface area (Å²) in [5.74, 6) is 1.28. The number of likely N-dealkylation sites (tertiary alicyclic amines) is 1. The molecule has 17 heavy (non-hydrogen) atoms. The first-order chi connectivity index (χ1) is 8.06. The molecule has 1 aromatic rings. The highest BCUT2D eigenvalue weighted by Crippen LogP contribution is 2.24. The van der Waals surface area contributed by atoms with Gasteiger partial charge in [0.1, 0.15) is 12.0 Å². The van der Waals surface area contributed by atoms with E-state index in [2.05, 4.69) is 18.7 Å². The van der Waals surface area contributed by atoms with Gasteiger partial charge in [0.25, 0.3) is 0 Å². The van der Waals surface area contributed by atoms with Crippen LogP contribution in [0, 0.1) is 11.8 Å². The summed E-state index contributed by atoms with van der Waals surface area (Å²) in [6.45, 7) is 7.39. The number of carboxylic acid groups (broad SMARTS) is 1. The maximum Gasteiger partial charge on any atom is 0.338 e. The van der Waals surface area contributed by atoms with Crippen LogP contribution in [0.25, 0.3) is 0 Å². The molecule has 1 N–H and O–H groups in total. The number of aromatic carboxylic acids is 1. The Kier molecular flexibility index (Phi) is 3.52. The van der Waals surface area contributed by atoms with Crippen molar-refractivity contribution in [3.8, 4) is 0 Å². The molecule has 4 heteroatoms. The highest BCUT2D eigenvalue weighted by molar-refractivity contribution is 5.87. The highest BCUT2D eigenvalue weighted by atomic mass is 16.4. The van der Waals surface area contributed by atoms with Gasteiger partial charge in [-0.05, 0) is 30.9 Å². The molecular weight excluding hydrogens is 218 g/mol. The summed E-state index contributed by atoms with van der Waals surface area (Å²) in [5, 5.41) is 8.81. The van der Waals surface area contributed by atoms with E-state index >= 15 is 0 Å². The van der Waals surface area contributed by atoms with Crippen LogP contribution in [0.4, 0.5) is 0 Å². The average molecular weight is 237 g/mol. The minimum Gasteiger partial charge on any atom is -0.478 e. The van der Waals surface area contributed by atoms with E-state index in [0.29, 0.717) is 12.5 Å². The SMILES string of the molecule is CC1CCN(Cc2cc(C(=O)O)co2)CC1C. The summed E-state index contributed by atoms with van der Waals surface area (Å²) < 4.78 is 5.27. The lowest BCUT2D eigenvalue weighted by molar-refractivity contribution is 0.0696. The monoisotopic (exact) mass is 237 g/mol. The van der Waals surface area contributed by atoms with Gasteiger partial charge in [0.05, 0.1) is 12.1 Å². The normalized spacial score (nSPS) is 26.0. The van der Waals surface area contributed by atoms with Gasteiger partial charge in [-0.3, -0.25) is 4.90 Å². The van der Waals surface area contributed by atoms with Crippen LogP contribution in [0.5, 0.6) is 0 Å². The molecule has 1 aromatic heterocycles. The number of rotatable bonds is 3. The first-order valence-corrected chi connectivity index (χ1v) is 6.09. The lowest BCUT2D eigenvalue weighted by Gasteiger charge is -2.34. The van der Waals surface area contributed by atoms with Crippen molar-refractivity contribution in [2.75, 3.05) is 13.1 Å². The maximum absolute atomic E-state index is 10.7. The molecule has 2 unspecified atom stereocenters. The second-order valence-corrected chi connectivity index (χ2v) is 5.09. The smallest absolute Gasteiger partial charge is 0.338 e. The van der Waals surface area contributed by atoms with Gasteiger partial charge in [0.2, 0.25) is 0 Å². The van der Waals surface area contributed by atoms with E-state index in [-0.39, 0.29) is 5.56 Å². The van der Waals surface area contributed by atoms with Crippen molar-refractivity contribution in [1.82, 2.24) is 4.90 Å². The molecule has 0 saturated carbocycles. The number of carboxylic acids is 1. The summed E-state index contributed by atoms with van der Waals surface area (Å²) in [7, 11) is 0. The van der Waals surface area contributed by atoms with Gasteiger partial charge < -0.3 is 9.52 Å². The molecule has 0 radical (unpaired) electrons. The fourth-order valence-corrected chi connectivity index (χ4v) is 2.29. The van der Waals surface area contributed by atoms with Crippen LogP contribution in [0.3, 0.4) is 0 Å². The molecule has 2 rings (SSSR count). The Morgan fingerprint density at radius 2 is 2.29 bits per heavy atom. The largest absolute Gasteiger partial charge is 0.478 e. The van der Waals surface area contributed by atoms with Gasteiger partial charge in [-0.15, -0.1) is 0 Å². The van der Waals surface area contributed by atoms with Crippen LogP contribution < -0.4 is 0 Å². The van der Waals surface area contributed by atoms with Crippen LogP contribution in [0.2, 0.25) is 0 Å². The molecule has 1 aliphatic heterocycles. The summed E-state index contributed by atoms with van der Waals surface area (Å²) >= 11 is 0. The number of hydrogen-bond donors (Lipinski definition) is 1. The summed E-state index contributed by atoms with van der Waals surface area (Å²) in [6.07, 6.45) is 2.52. The Morgan fingerprint density at radius 1 is 1.53 bits per heavy atom. The zero-order chi connectivity index (χ0) is 12.4. The van der Waals surface area contributed by atoms with Crippen molar-refractivity contribution < 1.29 is 14.3 Å². The van der Waals surface area contributed by atoms with E-state index in [1.54, 1.807) is 6.07 Å². The molecule has 0 spiro atoms. The van der Waals surface area contributed by atoms with E-state index in [1.165, 1.54) is 12.7 Å². The number of piperidine rings is 1. The molecule has 0 aromatic carbocycles. The molecular formula is C13H19NO3. The predicted molar refractivity (Wildman–Crippen MR) is 63.9 cm³/mol. The maximum atomic E-state index is 10.7. The number of furan rings is 1. The third-order valence-corrected chi connectivity index (χ3v) is 3.70. The van der Waals surface area contributed by atoms with E-state index in [9.17, 15) is 4.79 Å². The van der Waals surface area contributed by atoms with Crippen LogP contribution in [0.1, 0.15) is 36.4 Å². The summed E-state index contributed by atoms with van der Waals surface area (Å²) in [6, 6.07) is 1.62. The van der Waals surface area contributed by atoms with Crippen molar-refractivity contribution in [3.63, 3.8) is 0 Å². The van der Waals surface area contributed by atoms with Crippen molar-refractivity contribution in [3.05, 3.63) is 23.7 Å². The average Bonchev–Trinajstić information content (AvgIpc) is 2.72. The van der Waals surface area contributed by atoms with Crippen molar-refractivity contribution >= 4 is 5.97 Å². The Bertz CT molecular complexity index is 399. The molecule has 1 fully saturated rings. The minimum atomic E-state index is -0.930. The first-order valence-electron chi connectivity index (χ1n) is 6.09. The van der Waals surface area contributed by atoms with Crippen LogP contribution >= 0.6 is 0 Å². The number of nitrogens with zero attached hydrogens (tertiary/aromatic N) is 1. The lowest BCUT2D eigenvalue weighted by Crippen LogP contribution is -2.37. The Morgan fingerprint density at radius 3 is 2.88 bits per heavy atom. The topological polar surface area (TPSA) is 53.7 Å². The zero-order valence-corrected chi connectivity index (χ0v) is 10.3. The van der Waals surface area contributed by atoms with Crippen LogP contribution in [-0.4, -0.2) is 29.1 Å². The molecule has 1 aliphatic rings. The van der Waals surface area contributed by atoms with Gasteiger partial charge in [0, 0.05) is 6.54 Å². The van der Waals surface area contributed by atoms with Gasteiger partial charge in [-0.25, -0.2) is 4.79 Å². The highest BCUT2D eigenvalue weighted by Gasteiger charge is 2.23. The lowest BCUT2D eigenvalue weighted by atomic mass is 9.89. The van der Waals surface area contributed by atoms with E-state index in [0.717, 1.165) is 24.8 Å². The minimum absolute atomic E-state index is 0.235. The zero-order valence-electron chi connectivity index (χ0n) is 10.3. The van der Waals surface area contributed by atoms with Gasteiger partial charge in [0.15, 0.2) is 0 Å². The molecule has 94 valence electrons. The molecule has 2 heterocycles. The van der Waals surface area contributed by atoms with E-state index in [1.807, 2.05) is 0 Å². The summed E-state index contributed by atoms with van der Waals surface area (Å²) in [5.41, 5.74) is 0.235. The van der Waals surface area contributed by atoms with Crippen LogP contribution in [-0.2, 0) is 6.54 Å². The molecule has 2 atom stereocenters. The molecule has 0 aliphatic carbocycles. The Balaban J connectivity index is 1.94. The molecule has 1 saturated heterocycles. The Hall–Kier alpha value is -1.29. The first kappa shape index (κ1) is 12.2.